The zero-order chi connectivity index (χ0) is 18.4. The van der Waals surface area contributed by atoms with Crippen molar-refractivity contribution in [3.05, 3.63) is 38.9 Å². The second-order valence-corrected chi connectivity index (χ2v) is 6.05. The Morgan fingerprint density at radius 2 is 1.73 bits per heavy atom. The van der Waals surface area contributed by atoms with Crippen LogP contribution in [-0.4, -0.2) is 33.0 Å². The highest BCUT2D eigenvalue weighted by Crippen LogP contribution is 2.35. The maximum atomic E-state index is 14.6. The molecule has 9 nitrogen and oxygen atoms in total. The summed E-state index contributed by atoms with van der Waals surface area (Å²) in [6.07, 6.45) is 1.52. The van der Waals surface area contributed by atoms with Crippen molar-refractivity contribution < 1.29 is 13.9 Å². The maximum Gasteiger partial charge on any atom is 0.351 e. The summed E-state index contributed by atoms with van der Waals surface area (Å²) in [6.45, 7) is 0.211. The van der Waals surface area contributed by atoms with Crippen LogP contribution in [-0.2, 0) is 17.9 Å². The van der Waals surface area contributed by atoms with Gasteiger partial charge in [-0.15, -0.1) is 0 Å². The fourth-order valence-corrected chi connectivity index (χ4v) is 3.31. The Hall–Kier alpha value is -3.35. The zero-order valence-electron chi connectivity index (χ0n) is 13.6. The van der Waals surface area contributed by atoms with Gasteiger partial charge in [0.15, 0.2) is 12.4 Å². The predicted molar refractivity (Wildman–Crippen MR) is 86.9 cm³/mol. The number of nitrogens with zero attached hydrogens (tertiary/aromatic N) is 5. The average Bonchev–Trinajstić information content (AvgIpc) is 2.89. The van der Waals surface area contributed by atoms with E-state index in [0.717, 1.165) is 28.4 Å². The van der Waals surface area contributed by atoms with Crippen molar-refractivity contribution in [2.75, 3.05) is 18.1 Å². The van der Waals surface area contributed by atoms with Crippen molar-refractivity contribution in [2.45, 2.75) is 25.9 Å². The van der Waals surface area contributed by atoms with E-state index in [2.05, 4.69) is 0 Å². The Morgan fingerprint density at radius 1 is 1.08 bits per heavy atom. The van der Waals surface area contributed by atoms with Crippen molar-refractivity contribution >= 4 is 11.6 Å². The summed E-state index contributed by atoms with van der Waals surface area (Å²) < 4.78 is 23.2. The third kappa shape index (κ3) is 2.24. The molecule has 10 heteroatoms. The quantitative estimate of drug-likeness (QED) is 0.702. The molecule has 0 spiro atoms. The van der Waals surface area contributed by atoms with Crippen molar-refractivity contribution in [3.8, 4) is 17.5 Å². The number of benzene rings is 1. The molecule has 0 aliphatic carbocycles. The van der Waals surface area contributed by atoms with Gasteiger partial charge in [0.25, 0.3) is 5.91 Å². The number of amides is 1. The summed E-state index contributed by atoms with van der Waals surface area (Å²) in [5, 5.41) is 8.93. The first-order valence-electron chi connectivity index (χ1n) is 8.09. The number of fused-ring (bicyclic) bond motifs is 2. The van der Waals surface area contributed by atoms with E-state index in [-0.39, 0.29) is 30.3 Å². The van der Waals surface area contributed by atoms with Gasteiger partial charge in [0.1, 0.15) is 12.3 Å². The summed E-state index contributed by atoms with van der Waals surface area (Å²) in [7, 11) is 0. The van der Waals surface area contributed by atoms with Crippen molar-refractivity contribution in [1.82, 2.24) is 13.9 Å². The lowest BCUT2D eigenvalue weighted by Crippen LogP contribution is -2.39. The van der Waals surface area contributed by atoms with E-state index < -0.39 is 23.1 Å². The molecule has 1 aromatic heterocycles. The Morgan fingerprint density at radius 3 is 2.35 bits per heavy atom. The highest BCUT2D eigenvalue weighted by atomic mass is 19.1. The third-order valence-electron chi connectivity index (χ3n) is 4.55. The Bertz CT molecular complexity index is 1040. The van der Waals surface area contributed by atoms with E-state index in [4.69, 9.17) is 10.00 Å². The summed E-state index contributed by atoms with van der Waals surface area (Å²) in [4.78, 5) is 38.3. The number of aromatic nitrogens is 3. The van der Waals surface area contributed by atoms with Crippen molar-refractivity contribution in [1.29, 1.82) is 5.26 Å². The molecule has 1 aromatic carbocycles. The lowest BCUT2D eigenvalue weighted by molar-refractivity contribution is -0.121. The Balaban J connectivity index is 1.94. The lowest BCUT2D eigenvalue weighted by Gasteiger charge is -2.27. The number of hydrogen-bond donors (Lipinski definition) is 0. The highest BCUT2D eigenvalue weighted by Gasteiger charge is 2.29. The molecule has 0 radical (unpaired) electrons. The fourth-order valence-electron chi connectivity index (χ4n) is 3.31. The largest absolute Gasteiger partial charge is 0.481 e. The van der Waals surface area contributed by atoms with Gasteiger partial charge in [0, 0.05) is 19.2 Å². The SMILES string of the molecule is N#CCN1C(=O)COc2cc(F)c(-n3c(=O)n4n(c3=O)CCCC4)cc21. The first-order valence-corrected chi connectivity index (χ1v) is 8.09. The molecule has 0 atom stereocenters. The van der Waals surface area contributed by atoms with Gasteiger partial charge in [-0.05, 0) is 18.9 Å². The second-order valence-electron chi connectivity index (χ2n) is 6.05. The molecule has 2 aliphatic rings. The van der Waals surface area contributed by atoms with Crippen LogP contribution in [0.1, 0.15) is 12.8 Å². The van der Waals surface area contributed by atoms with E-state index in [9.17, 15) is 18.8 Å². The molecule has 0 bridgehead atoms. The van der Waals surface area contributed by atoms with Gasteiger partial charge in [-0.3, -0.25) is 9.69 Å². The summed E-state index contributed by atoms with van der Waals surface area (Å²) in [6, 6.07) is 4.09. The summed E-state index contributed by atoms with van der Waals surface area (Å²) in [5.41, 5.74) is -1.39. The van der Waals surface area contributed by atoms with Crippen LogP contribution < -0.4 is 21.0 Å². The van der Waals surface area contributed by atoms with E-state index in [1.807, 2.05) is 6.07 Å². The van der Waals surface area contributed by atoms with Crippen LogP contribution in [0.3, 0.4) is 0 Å². The molecule has 0 unspecified atom stereocenters. The molecular weight excluding hydrogens is 345 g/mol. The molecule has 4 rings (SSSR count). The lowest BCUT2D eigenvalue weighted by atomic mass is 10.2. The molecule has 0 saturated carbocycles. The Labute approximate surface area is 146 Å². The molecule has 134 valence electrons. The third-order valence-corrected chi connectivity index (χ3v) is 4.55. The maximum absolute atomic E-state index is 14.6. The number of ether oxygens (including phenoxy) is 1. The number of rotatable bonds is 2. The van der Waals surface area contributed by atoms with Gasteiger partial charge in [0.05, 0.1) is 17.4 Å². The second kappa shape index (κ2) is 5.87. The number of halogens is 1. The molecule has 2 aromatic rings. The van der Waals surface area contributed by atoms with Crippen LogP contribution in [0.5, 0.6) is 5.75 Å². The number of carbonyl (C=O) groups excluding carboxylic acids is 1. The molecule has 0 fully saturated rings. The minimum absolute atomic E-state index is 0.0817. The summed E-state index contributed by atoms with van der Waals surface area (Å²) >= 11 is 0. The van der Waals surface area contributed by atoms with Crippen LogP contribution in [0.15, 0.2) is 21.7 Å². The number of anilines is 1. The van der Waals surface area contributed by atoms with Gasteiger partial charge in [-0.2, -0.15) is 5.26 Å². The van der Waals surface area contributed by atoms with Gasteiger partial charge in [-0.1, -0.05) is 0 Å². The number of hydrogen-bond acceptors (Lipinski definition) is 5. The number of carbonyl (C=O) groups is 1. The zero-order valence-corrected chi connectivity index (χ0v) is 13.6. The van der Waals surface area contributed by atoms with Crippen LogP contribution in [0, 0.1) is 17.1 Å². The summed E-state index contributed by atoms with van der Waals surface area (Å²) in [5.74, 6) is -1.20. The predicted octanol–water partition coefficient (Wildman–Crippen LogP) is -0.0174. The van der Waals surface area contributed by atoms with Crippen LogP contribution in [0.2, 0.25) is 0 Å². The standard InChI is InChI=1S/C16H14FN5O4/c17-10-7-13-12(19(6-3-18)14(23)9-26-13)8-11(10)22-15(24)20-4-1-2-5-21(20)16(22)25/h7-8H,1-2,4-6,9H2. The van der Waals surface area contributed by atoms with E-state index >= 15 is 0 Å². The van der Waals surface area contributed by atoms with Crippen LogP contribution in [0.4, 0.5) is 10.1 Å². The van der Waals surface area contributed by atoms with Gasteiger partial charge >= 0.3 is 11.4 Å². The highest BCUT2D eigenvalue weighted by molar-refractivity contribution is 5.98. The monoisotopic (exact) mass is 359 g/mol. The molecule has 3 heterocycles. The normalized spacial score (nSPS) is 15.8. The van der Waals surface area contributed by atoms with Crippen molar-refractivity contribution in [2.24, 2.45) is 0 Å². The van der Waals surface area contributed by atoms with Crippen molar-refractivity contribution in [3.63, 3.8) is 0 Å². The van der Waals surface area contributed by atoms with Gasteiger partial charge < -0.3 is 4.74 Å². The van der Waals surface area contributed by atoms with Gasteiger partial charge in [0.2, 0.25) is 0 Å². The first-order chi connectivity index (χ1) is 12.5. The molecule has 1 amide bonds. The molecule has 0 N–H and O–H groups in total. The van der Waals surface area contributed by atoms with E-state index in [1.165, 1.54) is 15.4 Å². The van der Waals surface area contributed by atoms with Crippen LogP contribution >= 0.6 is 0 Å². The smallest absolute Gasteiger partial charge is 0.351 e. The van der Waals surface area contributed by atoms with Crippen LogP contribution in [0.25, 0.3) is 5.69 Å². The minimum Gasteiger partial charge on any atom is -0.481 e. The van der Waals surface area contributed by atoms with Gasteiger partial charge in [-0.25, -0.2) is 27.9 Å². The minimum atomic E-state index is -0.822. The molecular formula is C16H14FN5O4. The van der Waals surface area contributed by atoms with E-state index in [1.54, 1.807) is 0 Å². The first kappa shape index (κ1) is 16.1. The van der Waals surface area contributed by atoms with E-state index in [0.29, 0.717) is 13.1 Å². The molecule has 2 aliphatic heterocycles. The molecule has 0 saturated heterocycles. The Kier molecular flexibility index (Phi) is 3.64. The fraction of sp³-hybridized carbons (Fsp3) is 0.375. The number of nitriles is 1. The topological polar surface area (TPSA) is 102 Å². The molecule has 26 heavy (non-hydrogen) atoms. The average molecular weight is 359 g/mol.